The van der Waals surface area contributed by atoms with Crippen molar-refractivity contribution in [2.24, 2.45) is 5.92 Å². The first kappa shape index (κ1) is 15.8. The molecular weight excluding hydrogens is 236 g/mol. The lowest BCUT2D eigenvalue weighted by atomic mass is 9.81. The van der Waals surface area contributed by atoms with Gasteiger partial charge in [0.25, 0.3) is 0 Å². The molecule has 0 aromatic heterocycles. The zero-order chi connectivity index (χ0) is 13.6. The summed E-state index contributed by atoms with van der Waals surface area (Å²) in [5, 5.41) is 3.24. The molecule has 4 heteroatoms. The van der Waals surface area contributed by atoms with Gasteiger partial charge in [0.2, 0.25) is 5.92 Å². The predicted octanol–water partition coefficient (Wildman–Crippen LogP) is 3.61. The van der Waals surface area contributed by atoms with E-state index in [2.05, 4.69) is 12.2 Å². The molecule has 1 saturated carbocycles. The monoisotopic (exact) mass is 263 g/mol. The van der Waals surface area contributed by atoms with Crippen LogP contribution in [0.2, 0.25) is 0 Å². The van der Waals surface area contributed by atoms with E-state index in [4.69, 9.17) is 4.74 Å². The van der Waals surface area contributed by atoms with Gasteiger partial charge in [0.1, 0.15) is 0 Å². The lowest BCUT2D eigenvalue weighted by molar-refractivity contribution is -0.0589. The maximum absolute atomic E-state index is 13.4. The normalized spacial score (nSPS) is 26.8. The predicted molar refractivity (Wildman–Crippen MR) is 70.1 cm³/mol. The Bertz CT molecular complexity index is 236. The second-order valence-electron chi connectivity index (χ2n) is 5.35. The third-order valence-corrected chi connectivity index (χ3v) is 3.93. The molecule has 1 aliphatic carbocycles. The van der Waals surface area contributed by atoms with Gasteiger partial charge < -0.3 is 10.1 Å². The van der Waals surface area contributed by atoms with E-state index in [1.807, 2.05) is 14.0 Å². The molecule has 3 unspecified atom stereocenters. The van der Waals surface area contributed by atoms with E-state index >= 15 is 0 Å². The molecule has 0 spiro atoms. The summed E-state index contributed by atoms with van der Waals surface area (Å²) >= 11 is 0. The van der Waals surface area contributed by atoms with E-state index in [1.165, 1.54) is 0 Å². The fourth-order valence-corrected chi connectivity index (χ4v) is 3.02. The fraction of sp³-hybridized carbons (Fsp3) is 1.00. The average molecular weight is 263 g/mol. The van der Waals surface area contributed by atoms with Crippen LogP contribution in [0.15, 0.2) is 0 Å². The minimum Gasteiger partial charge on any atom is -0.377 e. The highest BCUT2D eigenvalue weighted by Gasteiger charge is 2.37. The number of halogens is 2. The van der Waals surface area contributed by atoms with Crippen LogP contribution >= 0.6 is 0 Å². The number of rotatable bonds is 7. The van der Waals surface area contributed by atoms with Gasteiger partial charge in [0.15, 0.2) is 0 Å². The second kappa shape index (κ2) is 7.39. The summed E-state index contributed by atoms with van der Waals surface area (Å²) in [7, 11) is 1.90. The van der Waals surface area contributed by atoms with Gasteiger partial charge in [0.05, 0.1) is 6.10 Å². The van der Waals surface area contributed by atoms with E-state index in [1.54, 1.807) is 0 Å². The minimum atomic E-state index is -2.45. The number of likely N-dealkylation sites (N-methyl/N-ethyl adjacent to an activating group) is 1. The van der Waals surface area contributed by atoms with Crippen molar-refractivity contribution in [3.8, 4) is 0 Å². The van der Waals surface area contributed by atoms with Crippen LogP contribution in [0.25, 0.3) is 0 Å². The van der Waals surface area contributed by atoms with Crippen molar-refractivity contribution < 1.29 is 13.5 Å². The Morgan fingerprint density at radius 3 is 2.61 bits per heavy atom. The zero-order valence-electron chi connectivity index (χ0n) is 11.8. The highest BCUT2D eigenvalue weighted by Crippen LogP contribution is 2.38. The molecule has 2 nitrogen and oxygen atoms in total. The lowest BCUT2D eigenvalue weighted by Crippen LogP contribution is -2.42. The van der Waals surface area contributed by atoms with Gasteiger partial charge >= 0.3 is 0 Å². The Morgan fingerprint density at radius 2 is 2.11 bits per heavy atom. The van der Waals surface area contributed by atoms with Gasteiger partial charge in [0, 0.05) is 25.5 Å². The summed E-state index contributed by atoms with van der Waals surface area (Å²) in [5.41, 5.74) is 0. The number of nitrogens with one attached hydrogen (secondary N) is 1. The van der Waals surface area contributed by atoms with Crippen molar-refractivity contribution in [2.45, 2.75) is 70.4 Å². The summed E-state index contributed by atoms with van der Waals surface area (Å²) in [6.45, 7) is 4.74. The Labute approximate surface area is 109 Å². The van der Waals surface area contributed by atoms with Crippen LogP contribution in [0.1, 0.15) is 52.4 Å². The van der Waals surface area contributed by atoms with Gasteiger partial charge in [-0.3, -0.25) is 0 Å². The molecule has 0 aromatic carbocycles. The van der Waals surface area contributed by atoms with Crippen LogP contribution in [0, 0.1) is 5.92 Å². The minimum absolute atomic E-state index is 0.0493. The molecule has 0 saturated heterocycles. The highest BCUT2D eigenvalue weighted by atomic mass is 19.3. The third kappa shape index (κ3) is 4.81. The quantitative estimate of drug-likeness (QED) is 0.757. The molecule has 0 amide bonds. The topological polar surface area (TPSA) is 21.3 Å². The molecule has 1 fully saturated rings. The van der Waals surface area contributed by atoms with Gasteiger partial charge in [-0.05, 0) is 45.6 Å². The van der Waals surface area contributed by atoms with Crippen LogP contribution < -0.4 is 5.32 Å². The molecule has 1 N–H and O–H groups in total. The average Bonchev–Trinajstić information content (AvgIpc) is 2.32. The van der Waals surface area contributed by atoms with Gasteiger partial charge in [-0.25, -0.2) is 8.78 Å². The molecule has 0 aromatic rings. The van der Waals surface area contributed by atoms with E-state index in [0.717, 1.165) is 19.3 Å². The van der Waals surface area contributed by atoms with Crippen molar-refractivity contribution in [1.29, 1.82) is 0 Å². The Morgan fingerprint density at radius 1 is 1.39 bits per heavy atom. The Hall–Kier alpha value is -0.220. The first-order chi connectivity index (χ1) is 8.52. The number of hydrogen-bond donors (Lipinski definition) is 1. The molecule has 0 aliphatic heterocycles. The van der Waals surface area contributed by atoms with Crippen molar-refractivity contribution in [2.75, 3.05) is 13.7 Å². The van der Waals surface area contributed by atoms with E-state index in [9.17, 15) is 8.78 Å². The smallest absolute Gasteiger partial charge is 0.248 e. The maximum Gasteiger partial charge on any atom is 0.248 e. The Balaban J connectivity index is 2.51. The highest BCUT2D eigenvalue weighted by molar-refractivity contribution is 4.84. The third-order valence-electron chi connectivity index (χ3n) is 3.93. The summed E-state index contributed by atoms with van der Waals surface area (Å²) in [6, 6.07) is 0.189. The molecule has 0 heterocycles. The molecule has 18 heavy (non-hydrogen) atoms. The van der Waals surface area contributed by atoms with Crippen LogP contribution in [-0.2, 0) is 4.74 Å². The standard InChI is InChI=1S/C14H27F2NO/c1-4-13(18-5-2)12(17-3)9-11-7-6-8-14(15,16)10-11/h11-13,17H,4-10H2,1-3H3. The molecular formula is C14H27F2NO. The first-order valence-corrected chi connectivity index (χ1v) is 7.19. The first-order valence-electron chi connectivity index (χ1n) is 7.19. The van der Waals surface area contributed by atoms with Crippen LogP contribution in [0.4, 0.5) is 8.78 Å². The lowest BCUT2D eigenvalue weighted by Gasteiger charge is -2.34. The summed E-state index contributed by atoms with van der Waals surface area (Å²) < 4.78 is 32.5. The molecule has 0 bridgehead atoms. The van der Waals surface area contributed by atoms with Crippen LogP contribution in [0.3, 0.4) is 0 Å². The molecule has 108 valence electrons. The Kier molecular flexibility index (Phi) is 6.50. The fourth-order valence-electron chi connectivity index (χ4n) is 3.02. The second-order valence-corrected chi connectivity index (χ2v) is 5.35. The maximum atomic E-state index is 13.4. The molecule has 3 atom stereocenters. The van der Waals surface area contributed by atoms with Crippen molar-refractivity contribution in [3.63, 3.8) is 0 Å². The van der Waals surface area contributed by atoms with Gasteiger partial charge in [-0.15, -0.1) is 0 Å². The van der Waals surface area contributed by atoms with Gasteiger partial charge in [-0.2, -0.15) is 0 Å². The number of alkyl halides is 2. The van der Waals surface area contributed by atoms with Crippen LogP contribution in [0.5, 0.6) is 0 Å². The van der Waals surface area contributed by atoms with Crippen molar-refractivity contribution in [3.05, 3.63) is 0 Å². The molecule has 1 aliphatic rings. The largest absolute Gasteiger partial charge is 0.377 e. The van der Waals surface area contributed by atoms with E-state index in [-0.39, 0.29) is 30.9 Å². The number of hydrogen-bond acceptors (Lipinski definition) is 2. The summed E-state index contributed by atoms with van der Waals surface area (Å²) in [4.78, 5) is 0. The van der Waals surface area contributed by atoms with E-state index < -0.39 is 5.92 Å². The van der Waals surface area contributed by atoms with E-state index in [0.29, 0.717) is 13.0 Å². The summed E-state index contributed by atoms with van der Waals surface area (Å²) in [5.74, 6) is -2.32. The number of ether oxygens (including phenoxy) is 1. The van der Waals surface area contributed by atoms with Gasteiger partial charge in [-0.1, -0.05) is 6.92 Å². The molecule has 0 radical (unpaired) electrons. The van der Waals surface area contributed by atoms with Crippen molar-refractivity contribution in [1.82, 2.24) is 5.32 Å². The van der Waals surface area contributed by atoms with Crippen molar-refractivity contribution >= 4 is 0 Å². The molecule has 1 rings (SSSR count). The van der Waals surface area contributed by atoms with Crippen LogP contribution in [-0.4, -0.2) is 31.7 Å². The summed E-state index contributed by atoms with van der Waals surface area (Å²) in [6.07, 6.45) is 3.54. The SMILES string of the molecule is CCOC(CC)C(CC1CCCC(F)(F)C1)NC. The zero-order valence-corrected chi connectivity index (χ0v) is 11.8.